The number of carbonyl (C=O) groups excluding carboxylic acids is 1. The predicted molar refractivity (Wildman–Crippen MR) is 73.1 cm³/mol. The molecular weight excluding hydrogens is 291 g/mol. The summed E-state index contributed by atoms with van der Waals surface area (Å²) in [6.07, 6.45) is 0. The zero-order valence-electron chi connectivity index (χ0n) is 10.2. The molecule has 0 atom stereocenters. The van der Waals surface area contributed by atoms with E-state index in [0.29, 0.717) is 15.7 Å². The number of aromatic nitrogens is 1. The highest BCUT2D eigenvalue weighted by molar-refractivity contribution is 6.40. The van der Waals surface area contributed by atoms with Crippen LogP contribution in [-0.2, 0) is 7.05 Å². The van der Waals surface area contributed by atoms with Crippen molar-refractivity contribution in [2.75, 3.05) is 5.32 Å². The number of carbonyl (C=O) groups is 1. The molecule has 0 aliphatic rings. The average molecular weight is 301 g/mol. The van der Waals surface area contributed by atoms with Crippen molar-refractivity contribution >= 4 is 34.8 Å². The van der Waals surface area contributed by atoms with Crippen LogP contribution in [0.3, 0.4) is 0 Å². The third-order valence-electron chi connectivity index (χ3n) is 2.69. The molecule has 0 saturated carbocycles. The van der Waals surface area contributed by atoms with Crippen LogP contribution in [0, 0.1) is 6.92 Å². The highest BCUT2D eigenvalue weighted by Crippen LogP contribution is 2.30. The maximum Gasteiger partial charge on any atom is 0.370 e. The highest BCUT2D eigenvalue weighted by atomic mass is 35.5. The van der Waals surface area contributed by atoms with Gasteiger partial charge in [0, 0.05) is 7.05 Å². The first-order chi connectivity index (χ1) is 8.91. The molecule has 0 radical (unpaired) electrons. The zero-order chi connectivity index (χ0) is 14.2. The summed E-state index contributed by atoms with van der Waals surface area (Å²) < 4.78 is 6.03. The fourth-order valence-electron chi connectivity index (χ4n) is 1.59. The summed E-state index contributed by atoms with van der Waals surface area (Å²) in [6, 6.07) is 4.83. The maximum atomic E-state index is 12.1. The minimum Gasteiger partial charge on any atom is -0.336 e. The van der Waals surface area contributed by atoms with E-state index in [1.165, 1.54) is 11.8 Å². The van der Waals surface area contributed by atoms with Crippen LogP contribution in [0.5, 0.6) is 0 Å². The molecule has 5 nitrogen and oxygen atoms in total. The lowest BCUT2D eigenvalue weighted by Gasteiger charge is -2.07. The van der Waals surface area contributed by atoms with Crippen molar-refractivity contribution in [1.82, 2.24) is 4.74 Å². The van der Waals surface area contributed by atoms with E-state index in [4.69, 9.17) is 27.7 Å². The number of nitrogens with zero attached hydrogens (tertiary/aromatic N) is 1. The number of aryl methyl sites for hydroxylation is 1. The van der Waals surface area contributed by atoms with E-state index in [0.717, 1.165) is 0 Å². The van der Waals surface area contributed by atoms with Crippen molar-refractivity contribution in [3.05, 3.63) is 49.9 Å². The fraction of sp³-hybridized carbons (Fsp3) is 0.167. The molecule has 1 N–H and O–H groups in total. The Bertz CT molecular complexity index is 683. The largest absolute Gasteiger partial charge is 0.370 e. The Labute approximate surface area is 118 Å². The van der Waals surface area contributed by atoms with Gasteiger partial charge in [-0.25, -0.2) is 9.53 Å². The summed E-state index contributed by atoms with van der Waals surface area (Å²) in [5.41, 5.74) is -0.0941. The van der Waals surface area contributed by atoms with Crippen LogP contribution in [0.2, 0.25) is 10.0 Å². The monoisotopic (exact) mass is 300 g/mol. The van der Waals surface area contributed by atoms with Crippen molar-refractivity contribution in [2.24, 2.45) is 7.05 Å². The van der Waals surface area contributed by atoms with Gasteiger partial charge in [0.1, 0.15) is 5.56 Å². The van der Waals surface area contributed by atoms with Gasteiger partial charge in [-0.3, -0.25) is 4.79 Å². The summed E-state index contributed by atoms with van der Waals surface area (Å²) in [6.45, 7) is 1.61. The molecule has 2 aromatic rings. The number of amides is 1. The predicted octanol–water partition coefficient (Wildman–Crippen LogP) is 2.85. The number of benzene rings is 1. The van der Waals surface area contributed by atoms with E-state index in [2.05, 4.69) is 5.32 Å². The lowest BCUT2D eigenvalue weighted by atomic mass is 10.2. The number of hydrogen-bond acceptors (Lipinski definition) is 3. The number of para-hydroxylation sites is 1. The molecular formula is C12H10Cl2N2O3. The highest BCUT2D eigenvalue weighted by Gasteiger charge is 2.21. The van der Waals surface area contributed by atoms with E-state index in [1.807, 2.05) is 0 Å². The lowest BCUT2D eigenvalue weighted by Crippen LogP contribution is -2.19. The molecule has 1 heterocycles. The van der Waals surface area contributed by atoms with Gasteiger partial charge in [0.2, 0.25) is 0 Å². The van der Waals surface area contributed by atoms with Crippen LogP contribution >= 0.6 is 23.2 Å². The second-order valence-corrected chi connectivity index (χ2v) is 4.70. The van der Waals surface area contributed by atoms with Gasteiger partial charge in [0.05, 0.1) is 21.4 Å². The number of hydrogen-bond donors (Lipinski definition) is 1. The normalized spacial score (nSPS) is 10.5. The fourth-order valence-corrected chi connectivity index (χ4v) is 2.09. The Hall–Kier alpha value is -1.72. The summed E-state index contributed by atoms with van der Waals surface area (Å²) in [4.78, 5) is 23.6. The second kappa shape index (κ2) is 5.11. The van der Waals surface area contributed by atoms with Crippen molar-refractivity contribution in [2.45, 2.75) is 6.92 Å². The van der Waals surface area contributed by atoms with Gasteiger partial charge in [-0.05, 0) is 19.1 Å². The third kappa shape index (κ3) is 2.52. The third-order valence-corrected chi connectivity index (χ3v) is 3.32. The first-order valence-corrected chi connectivity index (χ1v) is 6.09. The molecule has 100 valence electrons. The van der Waals surface area contributed by atoms with Gasteiger partial charge in [0.15, 0.2) is 0 Å². The number of halogens is 2. The molecule has 1 aromatic heterocycles. The molecule has 1 aromatic carbocycles. The van der Waals surface area contributed by atoms with E-state index in [9.17, 15) is 9.59 Å². The van der Waals surface area contributed by atoms with E-state index < -0.39 is 11.5 Å². The van der Waals surface area contributed by atoms with Crippen LogP contribution in [0.4, 0.5) is 5.69 Å². The molecule has 1 amide bonds. The molecule has 0 aliphatic carbocycles. The van der Waals surface area contributed by atoms with Crippen molar-refractivity contribution in [1.29, 1.82) is 0 Å². The first-order valence-electron chi connectivity index (χ1n) is 5.34. The van der Waals surface area contributed by atoms with E-state index >= 15 is 0 Å². The van der Waals surface area contributed by atoms with Gasteiger partial charge in [-0.15, -0.1) is 0 Å². The van der Waals surface area contributed by atoms with Gasteiger partial charge in [-0.2, -0.15) is 0 Å². The Morgan fingerprint density at radius 1 is 1.32 bits per heavy atom. The molecule has 0 bridgehead atoms. The summed E-state index contributed by atoms with van der Waals surface area (Å²) in [7, 11) is 1.54. The number of anilines is 1. The molecule has 7 heteroatoms. The van der Waals surface area contributed by atoms with Crippen LogP contribution in [0.15, 0.2) is 27.5 Å². The van der Waals surface area contributed by atoms with Gasteiger partial charge in [-0.1, -0.05) is 29.3 Å². The van der Waals surface area contributed by atoms with Crippen molar-refractivity contribution in [3.8, 4) is 0 Å². The molecule has 19 heavy (non-hydrogen) atoms. The number of rotatable bonds is 2. The average Bonchev–Trinajstić information content (AvgIpc) is 2.58. The van der Waals surface area contributed by atoms with Crippen LogP contribution in [-0.4, -0.2) is 10.6 Å². The van der Waals surface area contributed by atoms with Crippen LogP contribution in [0.1, 0.15) is 16.1 Å². The van der Waals surface area contributed by atoms with Crippen LogP contribution in [0.25, 0.3) is 0 Å². The molecule has 0 unspecified atom stereocenters. The quantitative estimate of drug-likeness (QED) is 0.927. The molecule has 2 rings (SSSR count). The number of nitrogens with one attached hydrogen (secondary N) is 1. The Balaban J connectivity index is 2.39. The SMILES string of the molecule is Cc1c(C(=O)Nc2c(Cl)cccc2Cl)c(=O)on1C. The maximum absolute atomic E-state index is 12.1. The smallest absolute Gasteiger partial charge is 0.336 e. The Kier molecular flexibility index (Phi) is 3.68. The first kappa shape index (κ1) is 13.7. The van der Waals surface area contributed by atoms with Gasteiger partial charge in [0.25, 0.3) is 5.91 Å². The summed E-state index contributed by atoms with van der Waals surface area (Å²) in [5.74, 6) is -0.609. The zero-order valence-corrected chi connectivity index (χ0v) is 11.7. The summed E-state index contributed by atoms with van der Waals surface area (Å²) >= 11 is 11.9. The lowest BCUT2D eigenvalue weighted by molar-refractivity contribution is 0.102. The standard InChI is InChI=1S/C12H10Cl2N2O3/c1-6-9(12(18)19-16(6)2)11(17)15-10-7(13)4-3-5-8(10)14/h3-5H,1-2H3,(H,15,17). The molecule has 0 fully saturated rings. The minimum absolute atomic E-state index is 0.0708. The summed E-state index contributed by atoms with van der Waals surface area (Å²) in [5, 5.41) is 3.09. The molecule has 0 spiro atoms. The Morgan fingerprint density at radius 2 is 1.89 bits per heavy atom. The Morgan fingerprint density at radius 3 is 2.37 bits per heavy atom. The molecule has 0 aliphatic heterocycles. The van der Waals surface area contributed by atoms with Crippen LogP contribution < -0.4 is 10.9 Å². The van der Waals surface area contributed by atoms with Gasteiger partial charge < -0.3 is 9.84 Å². The van der Waals surface area contributed by atoms with E-state index in [-0.39, 0.29) is 11.3 Å². The topological polar surface area (TPSA) is 64.2 Å². The van der Waals surface area contributed by atoms with Crippen molar-refractivity contribution < 1.29 is 9.32 Å². The minimum atomic E-state index is -0.708. The second-order valence-electron chi connectivity index (χ2n) is 3.89. The molecule has 0 saturated heterocycles. The van der Waals surface area contributed by atoms with Gasteiger partial charge >= 0.3 is 5.63 Å². The van der Waals surface area contributed by atoms with E-state index in [1.54, 1.807) is 25.1 Å². The van der Waals surface area contributed by atoms with Crippen molar-refractivity contribution in [3.63, 3.8) is 0 Å².